The monoisotopic (exact) mass is 395 g/mol. The second-order valence-electron chi connectivity index (χ2n) is 6.02. The number of carbonyl (C=O) groups is 1. The largest absolute Gasteiger partial charge is 0.493 e. The molecule has 0 saturated carbocycles. The molecule has 1 N–H and O–H groups in total. The maximum atomic E-state index is 10.9. The van der Waals surface area contributed by atoms with Gasteiger partial charge in [0.15, 0.2) is 11.5 Å². The average molecular weight is 395 g/mol. The first-order chi connectivity index (χ1) is 14.1. The summed E-state index contributed by atoms with van der Waals surface area (Å²) in [7, 11) is 4.56. The summed E-state index contributed by atoms with van der Waals surface area (Å²) in [5.41, 5.74) is 1.76. The van der Waals surface area contributed by atoms with Crippen LogP contribution in [0.3, 0.4) is 0 Å². The van der Waals surface area contributed by atoms with Crippen molar-refractivity contribution in [1.29, 1.82) is 0 Å². The van der Waals surface area contributed by atoms with Crippen LogP contribution in [0.15, 0.2) is 59.8 Å². The van der Waals surface area contributed by atoms with Crippen molar-refractivity contribution in [2.24, 2.45) is 5.16 Å². The van der Waals surface area contributed by atoms with E-state index >= 15 is 0 Å². The van der Waals surface area contributed by atoms with E-state index in [2.05, 4.69) is 5.16 Å². The van der Waals surface area contributed by atoms with Crippen molar-refractivity contribution in [3.8, 4) is 17.2 Å². The topological polar surface area (TPSA) is 86.6 Å². The lowest BCUT2D eigenvalue weighted by molar-refractivity contribution is -0.142. The molecule has 0 unspecified atom stereocenters. The highest BCUT2D eigenvalue weighted by Crippen LogP contribution is 2.41. The number of aliphatic carboxylic acids is 1. The highest BCUT2D eigenvalue weighted by atomic mass is 16.6. The van der Waals surface area contributed by atoms with Crippen molar-refractivity contribution in [1.82, 2.24) is 0 Å². The van der Waals surface area contributed by atoms with Gasteiger partial charge in [0.1, 0.15) is 5.71 Å². The van der Waals surface area contributed by atoms with Gasteiger partial charge in [0.05, 0.1) is 26.9 Å². The Morgan fingerprint density at radius 1 is 0.862 bits per heavy atom. The molecule has 0 heterocycles. The van der Waals surface area contributed by atoms with Crippen molar-refractivity contribution in [2.45, 2.75) is 0 Å². The maximum Gasteiger partial charge on any atom is 0.344 e. The second kappa shape index (κ2) is 8.97. The smallest absolute Gasteiger partial charge is 0.344 e. The fraction of sp³-hybridized carbons (Fsp3) is 0.182. The minimum atomic E-state index is -1.12. The number of ether oxygens (including phenoxy) is 3. The van der Waals surface area contributed by atoms with Crippen LogP contribution in [0.1, 0.15) is 11.1 Å². The SMILES string of the molecule is COc1ccc(/C(=N/OCC(=O)O)c2cccc3ccccc23)c(OC)c1OC. The molecular weight excluding hydrogens is 374 g/mol. The number of hydrogen-bond acceptors (Lipinski definition) is 6. The predicted octanol–water partition coefficient (Wildman–Crippen LogP) is 3.72. The van der Waals surface area contributed by atoms with Crippen LogP contribution in [0.25, 0.3) is 10.8 Å². The second-order valence-corrected chi connectivity index (χ2v) is 6.02. The summed E-state index contributed by atoms with van der Waals surface area (Å²) in [5, 5.41) is 15.0. The van der Waals surface area contributed by atoms with Gasteiger partial charge >= 0.3 is 5.97 Å². The molecule has 3 aromatic rings. The van der Waals surface area contributed by atoms with Crippen LogP contribution >= 0.6 is 0 Å². The van der Waals surface area contributed by atoms with Gasteiger partial charge in [-0.3, -0.25) is 0 Å². The van der Waals surface area contributed by atoms with E-state index in [1.807, 2.05) is 42.5 Å². The van der Waals surface area contributed by atoms with Gasteiger partial charge in [-0.25, -0.2) is 4.79 Å². The molecule has 3 rings (SSSR count). The Kier molecular flexibility index (Phi) is 6.19. The summed E-state index contributed by atoms with van der Waals surface area (Å²) in [6, 6.07) is 17.1. The van der Waals surface area contributed by atoms with Gasteiger partial charge in [0, 0.05) is 5.56 Å². The molecule has 29 heavy (non-hydrogen) atoms. The molecule has 7 heteroatoms. The summed E-state index contributed by atoms with van der Waals surface area (Å²) in [6.45, 7) is -0.566. The molecule has 0 aliphatic heterocycles. The molecule has 0 spiro atoms. The molecule has 0 bridgehead atoms. The molecule has 3 aromatic carbocycles. The Labute approximate surface area is 168 Å². The summed E-state index contributed by atoms with van der Waals surface area (Å²) in [4.78, 5) is 16.0. The minimum absolute atomic E-state index is 0.400. The maximum absolute atomic E-state index is 10.9. The first-order valence-corrected chi connectivity index (χ1v) is 8.80. The molecule has 0 aliphatic carbocycles. The Morgan fingerprint density at radius 2 is 1.59 bits per heavy atom. The third-order valence-corrected chi connectivity index (χ3v) is 4.35. The van der Waals surface area contributed by atoms with Crippen LogP contribution in [0.2, 0.25) is 0 Å². The molecule has 0 aromatic heterocycles. The molecule has 0 fully saturated rings. The number of benzene rings is 3. The fourth-order valence-electron chi connectivity index (χ4n) is 3.12. The molecule has 0 saturated heterocycles. The first-order valence-electron chi connectivity index (χ1n) is 8.80. The first kappa shape index (κ1) is 20.0. The van der Waals surface area contributed by atoms with Crippen LogP contribution in [0, 0.1) is 0 Å². The lowest BCUT2D eigenvalue weighted by atomic mass is 9.95. The van der Waals surface area contributed by atoms with Gasteiger partial charge in [-0.1, -0.05) is 47.6 Å². The Hall–Kier alpha value is -3.74. The quantitative estimate of drug-likeness (QED) is 0.462. The van der Waals surface area contributed by atoms with E-state index in [9.17, 15) is 4.79 Å². The third-order valence-electron chi connectivity index (χ3n) is 4.35. The molecule has 150 valence electrons. The minimum Gasteiger partial charge on any atom is -0.493 e. The van der Waals surface area contributed by atoms with Crippen LogP contribution in [-0.4, -0.2) is 44.7 Å². The van der Waals surface area contributed by atoms with Gasteiger partial charge in [-0.05, 0) is 22.9 Å². The summed E-state index contributed by atoms with van der Waals surface area (Å²) in [5.74, 6) is 0.179. The normalized spacial score (nSPS) is 11.2. The molecule has 7 nitrogen and oxygen atoms in total. The molecule has 0 atom stereocenters. The molecule has 0 radical (unpaired) electrons. The standard InChI is InChI=1S/C22H21NO6/c1-26-18-12-11-17(21(27-2)22(18)28-3)20(23-29-13-19(24)25)16-10-6-8-14-7-4-5-9-15(14)16/h4-12H,13H2,1-3H3,(H,24,25)/b23-20+. The van der Waals surface area contributed by atoms with E-state index in [1.165, 1.54) is 21.3 Å². The Balaban J connectivity index is 2.26. The van der Waals surface area contributed by atoms with Crippen molar-refractivity contribution >= 4 is 22.5 Å². The van der Waals surface area contributed by atoms with E-state index in [-0.39, 0.29) is 0 Å². The highest BCUT2D eigenvalue weighted by Gasteiger charge is 2.22. The van der Waals surface area contributed by atoms with Crippen molar-refractivity contribution in [3.63, 3.8) is 0 Å². The number of oxime groups is 1. The zero-order valence-electron chi connectivity index (χ0n) is 16.3. The zero-order chi connectivity index (χ0) is 20.8. The van der Waals surface area contributed by atoms with Crippen LogP contribution in [-0.2, 0) is 9.63 Å². The van der Waals surface area contributed by atoms with Crippen LogP contribution < -0.4 is 14.2 Å². The molecule has 0 aliphatic rings. The van der Waals surface area contributed by atoms with Gasteiger partial charge < -0.3 is 24.2 Å². The van der Waals surface area contributed by atoms with Crippen molar-refractivity contribution in [3.05, 3.63) is 65.7 Å². The lowest BCUT2D eigenvalue weighted by Gasteiger charge is -2.17. The van der Waals surface area contributed by atoms with E-state index in [0.717, 1.165) is 16.3 Å². The van der Waals surface area contributed by atoms with Gasteiger partial charge in [0.25, 0.3) is 0 Å². The van der Waals surface area contributed by atoms with E-state index in [0.29, 0.717) is 28.5 Å². The van der Waals surface area contributed by atoms with E-state index in [4.69, 9.17) is 24.2 Å². The molecule has 0 amide bonds. The number of hydrogen-bond donors (Lipinski definition) is 1. The van der Waals surface area contributed by atoms with Gasteiger partial charge in [0.2, 0.25) is 12.4 Å². The number of methoxy groups -OCH3 is 3. The zero-order valence-corrected chi connectivity index (χ0v) is 16.3. The predicted molar refractivity (Wildman–Crippen MR) is 109 cm³/mol. The summed E-state index contributed by atoms with van der Waals surface area (Å²) < 4.78 is 16.4. The Morgan fingerprint density at radius 3 is 2.28 bits per heavy atom. The van der Waals surface area contributed by atoms with E-state index in [1.54, 1.807) is 12.1 Å². The number of carboxylic acids is 1. The van der Waals surface area contributed by atoms with Crippen molar-refractivity contribution < 1.29 is 28.9 Å². The third kappa shape index (κ3) is 4.08. The number of fused-ring (bicyclic) bond motifs is 1. The number of carboxylic acid groups (broad SMARTS) is 1. The highest BCUT2D eigenvalue weighted by molar-refractivity contribution is 6.20. The molecular formula is C22H21NO6. The van der Waals surface area contributed by atoms with Gasteiger partial charge in [-0.2, -0.15) is 0 Å². The number of nitrogens with zero attached hydrogens (tertiary/aromatic N) is 1. The Bertz CT molecular complexity index is 1060. The van der Waals surface area contributed by atoms with E-state index < -0.39 is 12.6 Å². The summed E-state index contributed by atoms with van der Waals surface area (Å²) in [6.07, 6.45) is 0. The number of rotatable bonds is 8. The lowest BCUT2D eigenvalue weighted by Crippen LogP contribution is -2.11. The van der Waals surface area contributed by atoms with Gasteiger partial charge in [-0.15, -0.1) is 0 Å². The van der Waals surface area contributed by atoms with Crippen LogP contribution in [0.5, 0.6) is 17.2 Å². The fourth-order valence-corrected chi connectivity index (χ4v) is 3.12. The summed E-state index contributed by atoms with van der Waals surface area (Å²) >= 11 is 0. The van der Waals surface area contributed by atoms with Crippen LogP contribution in [0.4, 0.5) is 0 Å². The van der Waals surface area contributed by atoms with Crippen molar-refractivity contribution in [2.75, 3.05) is 27.9 Å². The average Bonchev–Trinajstić information content (AvgIpc) is 2.75.